The highest BCUT2D eigenvalue weighted by Crippen LogP contribution is 2.10. The van der Waals surface area contributed by atoms with E-state index in [4.69, 9.17) is 15.3 Å². The van der Waals surface area contributed by atoms with Crippen LogP contribution in [-0.2, 0) is 9.61 Å². The van der Waals surface area contributed by atoms with Crippen molar-refractivity contribution < 1.29 is 29.3 Å². The minimum absolute atomic E-state index is 0.0955. The SMILES string of the molecule is COc1cc(F)ccc1B(OO)OO. The Hall–Kier alpha value is -1.15. The predicted octanol–water partition coefficient (Wildman–Crippen LogP) is 0.509. The monoisotopic (exact) mass is 202 g/mol. The average Bonchev–Trinajstić information content (AvgIpc) is 2.21. The molecule has 0 bridgehead atoms. The first kappa shape index (κ1) is 10.9. The number of ether oxygens (including phenoxy) is 1. The van der Waals surface area contributed by atoms with E-state index in [1.165, 1.54) is 13.2 Å². The Bertz CT molecular complexity index is 304. The Morgan fingerprint density at radius 2 is 1.93 bits per heavy atom. The Morgan fingerprint density at radius 3 is 2.43 bits per heavy atom. The lowest BCUT2D eigenvalue weighted by Crippen LogP contribution is -2.36. The van der Waals surface area contributed by atoms with Gasteiger partial charge in [-0.15, -0.1) is 0 Å². The summed E-state index contributed by atoms with van der Waals surface area (Å²) in [6.45, 7) is 0. The number of rotatable bonds is 4. The van der Waals surface area contributed by atoms with E-state index >= 15 is 0 Å². The van der Waals surface area contributed by atoms with Crippen LogP contribution in [0.1, 0.15) is 0 Å². The van der Waals surface area contributed by atoms with Gasteiger partial charge in [-0.05, 0) is 6.07 Å². The molecule has 14 heavy (non-hydrogen) atoms. The quantitative estimate of drug-likeness (QED) is 0.422. The maximum absolute atomic E-state index is 12.7. The van der Waals surface area contributed by atoms with Gasteiger partial charge in [-0.1, -0.05) is 6.07 Å². The van der Waals surface area contributed by atoms with Crippen LogP contribution >= 0.6 is 0 Å². The predicted molar refractivity (Wildman–Crippen MR) is 45.8 cm³/mol. The molecule has 0 aliphatic rings. The first-order valence-electron chi connectivity index (χ1n) is 3.66. The van der Waals surface area contributed by atoms with Gasteiger partial charge < -0.3 is 4.74 Å². The summed E-state index contributed by atoms with van der Waals surface area (Å²) in [6, 6.07) is 3.44. The molecule has 1 rings (SSSR count). The molecule has 0 heterocycles. The molecule has 76 valence electrons. The molecule has 0 atom stereocenters. The lowest BCUT2D eigenvalue weighted by molar-refractivity contribution is -0.221. The molecule has 0 fully saturated rings. The Morgan fingerprint density at radius 1 is 1.29 bits per heavy atom. The fourth-order valence-electron chi connectivity index (χ4n) is 1.01. The lowest BCUT2D eigenvalue weighted by atomic mass is 9.79. The van der Waals surface area contributed by atoms with Crippen molar-refractivity contribution in [1.82, 2.24) is 0 Å². The summed E-state index contributed by atoms with van der Waals surface area (Å²) in [5.41, 5.74) is 0.166. The molecule has 0 aliphatic heterocycles. The van der Waals surface area contributed by atoms with Gasteiger partial charge in [0.05, 0.1) is 7.11 Å². The van der Waals surface area contributed by atoms with Crippen molar-refractivity contribution in [2.75, 3.05) is 7.11 Å². The molecule has 0 radical (unpaired) electrons. The van der Waals surface area contributed by atoms with Gasteiger partial charge in [0.25, 0.3) is 0 Å². The highest BCUT2D eigenvalue weighted by atomic mass is 19.1. The molecule has 0 amide bonds. The fourth-order valence-corrected chi connectivity index (χ4v) is 1.01. The van der Waals surface area contributed by atoms with E-state index in [0.29, 0.717) is 0 Å². The lowest BCUT2D eigenvalue weighted by Gasteiger charge is -2.10. The van der Waals surface area contributed by atoms with Crippen LogP contribution in [0, 0.1) is 5.82 Å². The van der Waals surface area contributed by atoms with E-state index in [0.717, 1.165) is 12.1 Å². The van der Waals surface area contributed by atoms with Crippen LogP contribution < -0.4 is 10.2 Å². The second-order valence-corrected chi connectivity index (χ2v) is 2.43. The summed E-state index contributed by atoms with van der Waals surface area (Å²) in [5, 5.41) is 16.7. The molecular weight excluding hydrogens is 194 g/mol. The zero-order valence-corrected chi connectivity index (χ0v) is 7.31. The molecule has 0 spiro atoms. The van der Waals surface area contributed by atoms with Crippen molar-refractivity contribution in [2.24, 2.45) is 0 Å². The van der Waals surface area contributed by atoms with Crippen LogP contribution in [-0.4, -0.2) is 24.7 Å². The molecule has 0 saturated carbocycles. The van der Waals surface area contributed by atoms with Crippen molar-refractivity contribution in [1.29, 1.82) is 0 Å². The topological polar surface area (TPSA) is 68.2 Å². The third-order valence-corrected chi connectivity index (χ3v) is 1.64. The Kier molecular flexibility index (Phi) is 3.84. The van der Waals surface area contributed by atoms with Crippen LogP contribution in [0.15, 0.2) is 18.2 Å². The van der Waals surface area contributed by atoms with Crippen LogP contribution in [0.4, 0.5) is 4.39 Å². The number of hydrogen-bond acceptors (Lipinski definition) is 5. The second-order valence-electron chi connectivity index (χ2n) is 2.43. The molecule has 0 saturated heterocycles. The molecule has 0 aromatic heterocycles. The van der Waals surface area contributed by atoms with Gasteiger partial charge in [-0.3, -0.25) is 20.1 Å². The van der Waals surface area contributed by atoms with E-state index in [1.807, 2.05) is 0 Å². The zero-order chi connectivity index (χ0) is 10.6. The van der Waals surface area contributed by atoms with Gasteiger partial charge in [-0.2, -0.15) is 0 Å². The number of hydrogen-bond donors (Lipinski definition) is 2. The van der Waals surface area contributed by atoms with Crippen molar-refractivity contribution >= 4 is 12.6 Å². The van der Waals surface area contributed by atoms with Crippen molar-refractivity contribution in [3.8, 4) is 5.75 Å². The average molecular weight is 202 g/mol. The Labute approximate surface area is 79.6 Å². The highest BCUT2D eigenvalue weighted by Gasteiger charge is 2.26. The van der Waals surface area contributed by atoms with Gasteiger partial charge >= 0.3 is 7.12 Å². The maximum Gasteiger partial charge on any atom is 0.557 e. The normalized spacial score (nSPS) is 10.0. The zero-order valence-electron chi connectivity index (χ0n) is 7.31. The van der Waals surface area contributed by atoms with Gasteiger partial charge in [0.2, 0.25) is 0 Å². The minimum Gasteiger partial charge on any atom is -0.497 e. The van der Waals surface area contributed by atoms with Crippen LogP contribution in [0.2, 0.25) is 0 Å². The van der Waals surface area contributed by atoms with E-state index in [2.05, 4.69) is 9.61 Å². The summed E-state index contributed by atoms with van der Waals surface area (Å²) in [4.78, 5) is 7.59. The molecule has 7 heteroatoms. The Balaban J connectivity index is 3.06. The molecule has 2 N–H and O–H groups in total. The van der Waals surface area contributed by atoms with Gasteiger partial charge in [0.1, 0.15) is 11.6 Å². The number of halogens is 1. The minimum atomic E-state index is -1.43. The van der Waals surface area contributed by atoms with Crippen LogP contribution in [0.25, 0.3) is 0 Å². The van der Waals surface area contributed by atoms with E-state index in [9.17, 15) is 4.39 Å². The standard InChI is InChI=1S/C7H8BFO5/c1-12-7-4-5(9)2-3-6(7)8(13-10)14-11/h2-4,10-11H,1H3. The van der Waals surface area contributed by atoms with E-state index in [-0.39, 0.29) is 11.2 Å². The van der Waals surface area contributed by atoms with Gasteiger partial charge in [0, 0.05) is 11.5 Å². The van der Waals surface area contributed by atoms with Crippen molar-refractivity contribution in [2.45, 2.75) is 0 Å². The van der Waals surface area contributed by atoms with Crippen LogP contribution in [0.3, 0.4) is 0 Å². The van der Waals surface area contributed by atoms with Gasteiger partial charge in [-0.25, -0.2) is 4.39 Å². The van der Waals surface area contributed by atoms with Gasteiger partial charge in [0.15, 0.2) is 0 Å². The molecule has 1 aromatic rings. The smallest absolute Gasteiger partial charge is 0.497 e. The number of benzene rings is 1. The van der Waals surface area contributed by atoms with E-state index < -0.39 is 12.9 Å². The summed E-state index contributed by atoms with van der Waals surface area (Å²) >= 11 is 0. The van der Waals surface area contributed by atoms with Crippen LogP contribution in [0.5, 0.6) is 5.75 Å². The third-order valence-electron chi connectivity index (χ3n) is 1.64. The summed E-state index contributed by atoms with van der Waals surface area (Å²) in [7, 11) is -0.116. The van der Waals surface area contributed by atoms with Crippen molar-refractivity contribution in [3.05, 3.63) is 24.0 Å². The first-order valence-corrected chi connectivity index (χ1v) is 3.66. The fraction of sp³-hybridized carbons (Fsp3) is 0.143. The van der Waals surface area contributed by atoms with Crippen molar-refractivity contribution in [3.63, 3.8) is 0 Å². The molecule has 1 aromatic carbocycles. The summed E-state index contributed by atoms with van der Waals surface area (Å²) < 4.78 is 17.5. The molecular formula is C7H8BFO5. The van der Waals surface area contributed by atoms with E-state index in [1.54, 1.807) is 0 Å². The molecule has 0 unspecified atom stereocenters. The summed E-state index contributed by atoms with van der Waals surface area (Å²) in [5.74, 6) is -0.418. The largest absolute Gasteiger partial charge is 0.557 e. The highest BCUT2D eigenvalue weighted by molar-refractivity contribution is 6.61. The summed E-state index contributed by atoms with van der Waals surface area (Å²) in [6.07, 6.45) is 0. The molecule has 0 aliphatic carbocycles. The second kappa shape index (κ2) is 4.92. The number of methoxy groups -OCH3 is 1. The first-order chi connectivity index (χ1) is 6.72. The third kappa shape index (κ3) is 2.21. The maximum atomic E-state index is 12.7. The molecule has 5 nitrogen and oxygen atoms in total.